The van der Waals surface area contributed by atoms with E-state index >= 15 is 0 Å². The summed E-state index contributed by atoms with van der Waals surface area (Å²) in [6.45, 7) is 3.02. The zero-order valence-corrected chi connectivity index (χ0v) is 10.7. The average Bonchev–Trinajstić information content (AvgIpc) is 2.76. The van der Waals surface area contributed by atoms with Crippen LogP contribution in [-0.4, -0.2) is 51.5 Å². The number of amides is 1. The highest BCUT2D eigenvalue weighted by atomic mass is 35.5. The minimum absolute atomic E-state index is 0.0588. The molecule has 1 aromatic heterocycles. The second-order valence-electron chi connectivity index (χ2n) is 4.34. The highest BCUT2D eigenvalue weighted by molar-refractivity contribution is 6.18. The molecule has 0 aromatic carbocycles. The number of imidazole rings is 1. The molecule has 0 spiro atoms. The number of morpholine rings is 1. The van der Waals surface area contributed by atoms with Crippen molar-refractivity contribution in [2.45, 2.75) is 19.1 Å². The highest BCUT2D eigenvalue weighted by Gasteiger charge is 2.30. The first-order chi connectivity index (χ1) is 8.11. The summed E-state index contributed by atoms with van der Waals surface area (Å²) in [4.78, 5) is 18.1. The largest absolute Gasteiger partial charge is 0.373 e. The molecule has 0 aliphatic carbocycles. The summed E-state index contributed by atoms with van der Waals surface area (Å²) in [7, 11) is 1.84. The number of alkyl halides is 1. The summed E-state index contributed by atoms with van der Waals surface area (Å²) in [5, 5.41) is 0. The second-order valence-corrected chi connectivity index (χ2v) is 4.65. The van der Waals surface area contributed by atoms with Crippen molar-refractivity contribution in [3.8, 4) is 0 Å². The summed E-state index contributed by atoms with van der Waals surface area (Å²) in [6.07, 6.45) is 3.26. The van der Waals surface area contributed by atoms with E-state index in [-0.39, 0.29) is 18.1 Å². The van der Waals surface area contributed by atoms with Crippen LogP contribution >= 0.6 is 11.6 Å². The first kappa shape index (κ1) is 12.4. The van der Waals surface area contributed by atoms with Crippen molar-refractivity contribution in [1.29, 1.82) is 0 Å². The molecule has 2 heterocycles. The molecule has 1 aromatic rings. The topological polar surface area (TPSA) is 47.4 Å². The van der Waals surface area contributed by atoms with E-state index < -0.39 is 0 Å². The van der Waals surface area contributed by atoms with Crippen molar-refractivity contribution in [2.75, 3.05) is 19.0 Å². The molecular weight excluding hydrogens is 242 g/mol. The maximum absolute atomic E-state index is 12.2. The Balaban J connectivity index is 2.12. The van der Waals surface area contributed by atoms with Gasteiger partial charge in [0, 0.05) is 19.8 Å². The van der Waals surface area contributed by atoms with E-state index in [9.17, 15) is 4.79 Å². The van der Waals surface area contributed by atoms with E-state index in [0.29, 0.717) is 24.7 Å². The van der Waals surface area contributed by atoms with Crippen LogP contribution in [0.25, 0.3) is 0 Å². The number of hydrogen-bond donors (Lipinski definition) is 0. The Morgan fingerprint density at radius 2 is 2.47 bits per heavy atom. The molecule has 1 amide bonds. The maximum Gasteiger partial charge on any atom is 0.274 e. The number of rotatable bonds is 2. The molecule has 1 fully saturated rings. The molecule has 0 N–H and O–H groups in total. The van der Waals surface area contributed by atoms with Crippen LogP contribution in [0.2, 0.25) is 0 Å². The molecule has 2 atom stereocenters. The summed E-state index contributed by atoms with van der Waals surface area (Å²) in [5.41, 5.74) is 0.467. The van der Waals surface area contributed by atoms with Gasteiger partial charge in [-0.15, -0.1) is 11.6 Å². The van der Waals surface area contributed by atoms with E-state index in [1.54, 1.807) is 22.0 Å². The summed E-state index contributed by atoms with van der Waals surface area (Å²) in [5.74, 6) is 0.343. The number of hydrogen-bond acceptors (Lipinski definition) is 3. The van der Waals surface area contributed by atoms with E-state index in [1.807, 2.05) is 14.0 Å². The lowest BCUT2D eigenvalue weighted by Gasteiger charge is -2.37. The average molecular weight is 258 g/mol. The Morgan fingerprint density at radius 3 is 3.06 bits per heavy atom. The highest BCUT2D eigenvalue weighted by Crippen LogP contribution is 2.15. The van der Waals surface area contributed by atoms with Crippen molar-refractivity contribution >= 4 is 17.5 Å². The van der Waals surface area contributed by atoms with Crippen molar-refractivity contribution in [3.63, 3.8) is 0 Å². The van der Waals surface area contributed by atoms with Crippen LogP contribution < -0.4 is 0 Å². The van der Waals surface area contributed by atoms with Gasteiger partial charge in [0.1, 0.15) is 5.69 Å². The van der Waals surface area contributed by atoms with Gasteiger partial charge in [-0.25, -0.2) is 4.98 Å². The number of carbonyl (C=O) groups excluding carboxylic acids is 1. The van der Waals surface area contributed by atoms with Crippen LogP contribution in [0.1, 0.15) is 17.4 Å². The fourth-order valence-electron chi connectivity index (χ4n) is 1.86. The lowest BCUT2D eigenvalue weighted by molar-refractivity contribution is -0.0373. The standard InChI is InChI=1S/C11H16ClN3O2/c1-8-6-17-9(3-12)4-15(8)11(16)10-5-14(2)7-13-10/h5,7-9H,3-4,6H2,1-2H3. The van der Waals surface area contributed by atoms with E-state index in [1.165, 1.54) is 0 Å². The van der Waals surface area contributed by atoms with Gasteiger partial charge in [0.25, 0.3) is 5.91 Å². The molecule has 94 valence electrons. The Kier molecular flexibility index (Phi) is 3.69. The van der Waals surface area contributed by atoms with Gasteiger partial charge in [-0.05, 0) is 6.92 Å². The maximum atomic E-state index is 12.2. The third-order valence-corrected chi connectivity index (χ3v) is 3.21. The van der Waals surface area contributed by atoms with Crippen LogP contribution in [0, 0.1) is 0 Å². The van der Waals surface area contributed by atoms with Gasteiger partial charge in [-0.3, -0.25) is 4.79 Å². The van der Waals surface area contributed by atoms with Crippen LogP contribution in [0.15, 0.2) is 12.5 Å². The summed E-state index contributed by atoms with van der Waals surface area (Å²) < 4.78 is 7.27. The first-order valence-electron chi connectivity index (χ1n) is 5.58. The third-order valence-electron chi connectivity index (χ3n) is 2.86. The second kappa shape index (κ2) is 5.06. The minimum Gasteiger partial charge on any atom is -0.373 e. The van der Waals surface area contributed by atoms with Crippen LogP contribution in [0.5, 0.6) is 0 Å². The van der Waals surface area contributed by atoms with Crippen LogP contribution in [0.3, 0.4) is 0 Å². The Morgan fingerprint density at radius 1 is 1.71 bits per heavy atom. The number of aryl methyl sites for hydroxylation is 1. The van der Waals surface area contributed by atoms with Crippen molar-refractivity contribution in [3.05, 3.63) is 18.2 Å². The molecule has 0 saturated carbocycles. The normalized spacial score (nSPS) is 25.0. The predicted molar refractivity (Wildman–Crippen MR) is 64.2 cm³/mol. The lowest BCUT2D eigenvalue weighted by atomic mass is 10.2. The molecule has 2 rings (SSSR count). The van der Waals surface area contributed by atoms with Crippen molar-refractivity contribution in [1.82, 2.24) is 14.5 Å². The molecule has 1 aliphatic rings. The fraction of sp³-hybridized carbons (Fsp3) is 0.636. The van der Waals surface area contributed by atoms with Gasteiger partial charge >= 0.3 is 0 Å². The molecule has 17 heavy (non-hydrogen) atoms. The smallest absolute Gasteiger partial charge is 0.274 e. The third kappa shape index (κ3) is 2.61. The van der Waals surface area contributed by atoms with E-state index in [2.05, 4.69) is 4.98 Å². The van der Waals surface area contributed by atoms with Gasteiger partial charge in [0.15, 0.2) is 0 Å². The van der Waals surface area contributed by atoms with Crippen LogP contribution in [0.4, 0.5) is 0 Å². The Labute approximate surface area is 105 Å². The van der Waals surface area contributed by atoms with Crippen LogP contribution in [-0.2, 0) is 11.8 Å². The molecule has 1 saturated heterocycles. The molecule has 1 aliphatic heterocycles. The number of nitrogens with zero attached hydrogens (tertiary/aromatic N) is 3. The van der Waals surface area contributed by atoms with Gasteiger partial charge < -0.3 is 14.2 Å². The molecule has 5 nitrogen and oxygen atoms in total. The summed E-state index contributed by atoms with van der Waals surface area (Å²) >= 11 is 5.77. The number of ether oxygens (including phenoxy) is 1. The van der Waals surface area contributed by atoms with E-state index in [0.717, 1.165) is 0 Å². The SMILES string of the molecule is CC1COC(CCl)CN1C(=O)c1cn(C)cn1. The molecule has 0 bridgehead atoms. The fourth-order valence-corrected chi connectivity index (χ4v) is 2.05. The summed E-state index contributed by atoms with van der Waals surface area (Å²) in [6, 6.07) is 0.0592. The van der Waals surface area contributed by atoms with Crippen molar-refractivity contribution in [2.24, 2.45) is 7.05 Å². The van der Waals surface area contributed by atoms with Gasteiger partial charge in [0.05, 0.1) is 31.0 Å². The monoisotopic (exact) mass is 257 g/mol. The minimum atomic E-state index is -0.0828. The zero-order valence-electron chi connectivity index (χ0n) is 9.97. The number of carbonyl (C=O) groups is 1. The quantitative estimate of drug-likeness (QED) is 0.740. The first-order valence-corrected chi connectivity index (χ1v) is 6.11. The molecule has 2 unspecified atom stereocenters. The Hall–Kier alpha value is -1.07. The zero-order chi connectivity index (χ0) is 12.4. The number of aromatic nitrogens is 2. The predicted octanol–water partition coefficient (Wildman–Crippen LogP) is 0.888. The number of halogens is 1. The molecule has 0 radical (unpaired) electrons. The van der Waals surface area contributed by atoms with Crippen molar-refractivity contribution < 1.29 is 9.53 Å². The van der Waals surface area contributed by atoms with Gasteiger partial charge in [-0.2, -0.15) is 0 Å². The lowest BCUT2D eigenvalue weighted by Crippen LogP contribution is -2.51. The van der Waals surface area contributed by atoms with Gasteiger partial charge in [0.2, 0.25) is 0 Å². The molecule has 6 heteroatoms. The Bertz CT molecular complexity index is 407. The molecular formula is C11H16ClN3O2. The van der Waals surface area contributed by atoms with Gasteiger partial charge in [-0.1, -0.05) is 0 Å². The van der Waals surface area contributed by atoms with E-state index in [4.69, 9.17) is 16.3 Å².